The third-order valence-corrected chi connectivity index (χ3v) is 1.47. The van der Waals surface area contributed by atoms with Crippen LogP contribution in [0.15, 0.2) is 0 Å². The first-order chi connectivity index (χ1) is 3.81. The average Bonchev–Trinajstić information content (AvgIpc) is 1.83. The van der Waals surface area contributed by atoms with Gasteiger partial charge in [0, 0.05) is 0 Å². The quantitative estimate of drug-likeness (QED) is 0.447. The first-order valence-corrected chi connectivity index (χ1v) is 3.90. The Morgan fingerprint density at radius 3 is 2.67 bits per heavy atom. The van der Waals surface area contributed by atoms with Crippen LogP contribution in [0.5, 0.6) is 0 Å². The van der Waals surface area contributed by atoms with E-state index in [4.69, 9.17) is 5.73 Å². The molecule has 0 fully saturated rings. The molecule has 0 radical (unpaired) electrons. The van der Waals surface area contributed by atoms with Crippen LogP contribution in [0.4, 0.5) is 0 Å². The monoisotopic (exact) mass is 157 g/mol. The van der Waals surface area contributed by atoms with E-state index in [1.807, 2.05) is 6.26 Å². The molecule has 0 aromatic carbocycles. The Labute approximate surface area is 82.2 Å². The van der Waals surface area contributed by atoms with Crippen molar-refractivity contribution in [2.75, 3.05) is 12.0 Å². The fourth-order valence-electron chi connectivity index (χ4n) is 0.322. The molecule has 0 rings (SSSR count). The van der Waals surface area contributed by atoms with Gasteiger partial charge in [-0.3, -0.25) is 0 Å². The normalized spacial score (nSPS) is 11.8. The van der Waals surface area contributed by atoms with E-state index in [2.05, 4.69) is 0 Å². The van der Waals surface area contributed by atoms with Crippen molar-refractivity contribution in [2.24, 2.45) is 5.73 Å². The van der Waals surface area contributed by atoms with Gasteiger partial charge in [0.25, 0.3) is 0 Å². The van der Waals surface area contributed by atoms with Gasteiger partial charge >= 0.3 is 29.6 Å². The topological polar surface area (TPSA) is 43.1 Å². The summed E-state index contributed by atoms with van der Waals surface area (Å²) in [7, 11) is 0. The summed E-state index contributed by atoms with van der Waals surface area (Å²) in [4.78, 5) is 9.88. The number of aldehydes is 1. The van der Waals surface area contributed by atoms with Gasteiger partial charge in [-0.15, -0.1) is 0 Å². The van der Waals surface area contributed by atoms with E-state index in [1.165, 1.54) is 0 Å². The van der Waals surface area contributed by atoms with Crippen LogP contribution in [0.3, 0.4) is 0 Å². The number of hydrogen-bond acceptors (Lipinski definition) is 3. The molecule has 0 aromatic heterocycles. The van der Waals surface area contributed by atoms with Gasteiger partial charge in [0.05, 0.1) is 6.04 Å². The standard InChI is InChI=1S/C5H11NOS.Na.H/c1-8-3-2-5(6)4-7;;/h4-5H,2-3,6H2,1H3;;/t5-;;/m0../s1. The zero-order chi connectivity index (χ0) is 6.41. The third kappa shape index (κ3) is 8.98. The van der Waals surface area contributed by atoms with Crippen LogP contribution in [0, 0.1) is 0 Å². The van der Waals surface area contributed by atoms with Crippen molar-refractivity contribution in [1.29, 1.82) is 0 Å². The van der Waals surface area contributed by atoms with Crippen LogP contribution in [0.1, 0.15) is 6.42 Å². The molecular weight excluding hydrogens is 145 g/mol. The molecule has 0 amide bonds. The number of thioether (sulfide) groups is 1. The van der Waals surface area contributed by atoms with Gasteiger partial charge in [0.15, 0.2) is 0 Å². The molecule has 9 heavy (non-hydrogen) atoms. The van der Waals surface area contributed by atoms with Crippen LogP contribution in [0.25, 0.3) is 0 Å². The van der Waals surface area contributed by atoms with Gasteiger partial charge in [-0.05, 0) is 18.4 Å². The predicted octanol–water partition coefficient (Wildman–Crippen LogP) is -0.383. The zero-order valence-electron chi connectivity index (χ0n) is 4.96. The maximum absolute atomic E-state index is 9.88. The Bertz CT molecular complexity index is 72.0. The SMILES string of the molecule is CSCC[C@H](N)C=O.[NaH]. The van der Waals surface area contributed by atoms with Gasteiger partial charge in [-0.1, -0.05) is 0 Å². The number of carbonyl (C=O) groups is 1. The summed E-state index contributed by atoms with van der Waals surface area (Å²) in [5.41, 5.74) is 5.28. The Kier molecular flexibility index (Phi) is 12.6. The van der Waals surface area contributed by atoms with E-state index in [0.29, 0.717) is 0 Å². The van der Waals surface area contributed by atoms with Crippen LogP contribution in [-0.4, -0.2) is 53.9 Å². The molecule has 0 aromatic rings. The second-order valence-electron chi connectivity index (χ2n) is 1.58. The van der Waals surface area contributed by atoms with E-state index in [0.717, 1.165) is 18.5 Å². The van der Waals surface area contributed by atoms with Gasteiger partial charge in [0.2, 0.25) is 0 Å². The fourth-order valence-corrected chi connectivity index (χ4v) is 0.830. The van der Waals surface area contributed by atoms with E-state index in [9.17, 15) is 4.79 Å². The summed E-state index contributed by atoms with van der Waals surface area (Å²) in [6, 6.07) is -0.248. The molecule has 0 aliphatic carbocycles. The first kappa shape index (κ1) is 12.6. The molecular formula is C5H12NNaOS. The molecule has 0 aliphatic heterocycles. The molecule has 2 N–H and O–H groups in total. The number of rotatable bonds is 4. The molecule has 0 bridgehead atoms. The predicted molar refractivity (Wildman–Crippen MR) is 44.2 cm³/mol. The molecule has 0 spiro atoms. The van der Waals surface area contributed by atoms with E-state index >= 15 is 0 Å². The molecule has 0 saturated heterocycles. The maximum atomic E-state index is 9.88. The number of nitrogens with two attached hydrogens (primary N) is 1. The molecule has 0 saturated carbocycles. The number of hydrogen-bond donors (Lipinski definition) is 1. The molecule has 0 heterocycles. The summed E-state index contributed by atoms with van der Waals surface area (Å²) in [6.07, 6.45) is 3.58. The Morgan fingerprint density at radius 1 is 1.78 bits per heavy atom. The Hall–Kier alpha value is 0.980. The molecule has 1 atom stereocenters. The van der Waals surface area contributed by atoms with Gasteiger partial charge in [-0.2, -0.15) is 11.8 Å². The van der Waals surface area contributed by atoms with E-state index in [1.54, 1.807) is 11.8 Å². The third-order valence-electron chi connectivity index (χ3n) is 0.830. The zero-order valence-corrected chi connectivity index (χ0v) is 5.78. The molecule has 0 aliphatic rings. The summed E-state index contributed by atoms with van der Waals surface area (Å²) >= 11 is 1.71. The van der Waals surface area contributed by atoms with Crippen molar-refractivity contribution in [3.05, 3.63) is 0 Å². The van der Waals surface area contributed by atoms with Crippen molar-refractivity contribution in [3.8, 4) is 0 Å². The molecule has 4 heteroatoms. The summed E-state index contributed by atoms with van der Waals surface area (Å²) in [5.74, 6) is 0.972. The van der Waals surface area contributed by atoms with Gasteiger partial charge < -0.3 is 10.5 Å². The van der Waals surface area contributed by atoms with Crippen LogP contribution >= 0.6 is 11.8 Å². The Balaban J connectivity index is 0. The summed E-state index contributed by atoms with van der Waals surface area (Å²) in [5, 5.41) is 0. The summed E-state index contributed by atoms with van der Waals surface area (Å²) in [6.45, 7) is 0. The van der Waals surface area contributed by atoms with Crippen molar-refractivity contribution in [1.82, 2.24) is 0 Å². The molecule has 2 nitrogen and oxygen atoms in total. The van der Waals surface area contributed by atoms with Crippen molar-refractivity contribution >= 4 is 47.6 Å². The summed E-state index contributed by atoms with van der Waals surface area (Å²) < 4.78 is 0. The Morgan fingerprint density at radius 2 is 2.33 bits per heavy atom. The van der Waals surface area contributed by atoms with Crippen LogP contribution in [-0.2, 0) is 4.79 Å². The minimum atomic E-state index is -0.248. The fraction of sp³-hybridized carbons (Fsp3) is 0.800. The first-order valence-electron chi connectivity index (χ1n) is 2.51. The average molecular weight is 157 g/mol. The van der Waals surface area contributed by atoms with Crippen molar-refractivity contribution in [2.45, 2.75) is 12.5 Å². The van der Waals surface area contributed by atoms with E-state index in [-0.39, 0.29) is 35.6 Å². The minimum absolute atomic E-state index is 0. The molecule has 50 valence electrons. The van der Waals surface area contributed by atoms with Crippen LogP contribution < -0.4 is 5.73 Å². The van der Waals surface area contributed by atoms with Gasteiger partial charge in [0.1, 0.15) is 6.29 Å². The second kappa shape index (κ2) is 8.98. The van der Waals surface area contributed by atoms with Gasteiger partial charge in [-0.25, -0.2) is 0 Å². The second-order valence-corrected chi connectivity index (χ2v) is 2.57. The molecule has 0 unspecified atom stereocenters. The van der Waals surface area contributed by atoms with Crippen molar-refractivity contribution < 1.29 is 4.79 Å². The van der Waals surface area contributed by atoms with Crippen LogP contribution in [0.2, 0.25) is 0 Å². The number of carbonyl (C=O) groups excluding carboxylic acids is 1. The van der Waals surface area contributed by atoms with Crippen molar-refractivity contribution in [3.63, 3.8) is 0 Å². The van der Waals surface area contributed by atoms with E-state index < -0.39 is 0 Å².